The van der Waals surface area contributed by atoms with Crippen molar-refractivity contribution in [3.05, 3.63) is 59.7 Å². The molecule has 1 saturated carbocycles. The number of ether oxygens (including phenoxy) is 1. The molecule has 0 saturated heterocycles. The summed E-state index contributed by atoms with van der Waals surface area (Å²) in [4.78, 5) is 35.7. The highest BCUT2D eigenvalue weighted by atomic mass is 16.5. The number of carboxylic acid groups (broad SMARTS) is 1. The molecular formula is C28H34N2O5. The summed E-state index contributed by atoms with van der Waals surface area (Å²) < 4.78 is 5.62. The van der Waals surface area contributed by atoms with Crippen molar-refractivity contribution in [1.82, 2.24) is 10.6 Å². The number of hydrogen-bond donors (Lipinski definition) is 3. The highest BCUT2D eigenvalue weighted by Gasteiger charge is 2.33. The third kappa shape index (κ3) is 6.21. The Morgan fingerprint density at radius 1 is 0.886 bits per heavy atom. The summed E-state index contributed by atoms with van der Waals surface area (Å²) in [7, 11) is 0. The molecule has 0 bridgehead atoms. The normalized spacial score (nSPS) is 18.5. The van der Waals surface area contributed by atoms with Crippen LogP contribution in [0.3, 0.4) is 0 Å². The molecule has 0 aliphatic heterocycles. The Balaban J connectivity index is 1.21. The molecule has 4 rings (SSSR count). The zero-order chi connectivity index (χ0) is 24.6. The molecule has 2 unspecified atom stereocenters. The van der Waals surface area contributed by atoms with E-state index < -0.39 is 12.1 Å². The predicted molar refractivity (Wildman–Crippen MR) is 133 cm³/mol. The van der Waals surface area contributed by atoms with Crippen LogP contribution in [0.2, 0.25) is 0 Å². The number of rotatable bonds is 11. The third-order valence-corrected chi connectivity index (χ3v) is 7.21. The van der Waals surface area contributed by atoms with E-state index in [4.69, 9.17) is 9.84 Å². The van der Waals surface area contributed by atoms with Gasteiger partial charge in [-0.1, -0.05) is 61.4 Å². The van der Waals surface area contributed by atoms with Crippen molar-refractivity contribution in [3.63, 3.8) is 0 Å². The van der Waals surface area contributed by atoms with Crippen LogP contribution < -0.4 is 10.6 Å². The maximum Gasteiger partial charge on any atom is 0.407 e. The lowest BCUT2D eigenvalue weighted by molar-refractivity contribution is -0.137. The van der Waals surface area contributed by atoms with Crippen molar-refractivity contribution in [2.45, 2.75) is 50.9 Å². The minimum atomic E-state index is -0.785. The Bertz CT molecular complexity index is 1010. The van der Waals surface area contributed by atoms with Gasteiger partial charge in [-0.3, -0.25) is 9.59 Å². The van der Waals surface area contributed by atoms with Crippen LogP contribution in [0.1, 0.15) is 62.0 Å². The first kappa shape index (κ1) is 24.8. The first-order valence-corrected chi connectivity index (χ1v) is 12.6. The number of alkyl carbamates (subject to hydrolysis) is 1. The van der Waals surface area contributed by atoms with E-state index in [0.29, 0.717) is 19.5 Å². The minimum Gasteiger partial charge on any atom is -0.481 e. The topological polar surface area (TPSA) is 105 Å². The van der Waals surface area contributed by atoms with E-state index in [0.717, 1.165) is 32.1 Å². The van der Waals surface area contributed by atoms with Crippen molar-refractivity contribution >= 4 is 18.0 Å². The minimum absolute atomic E-state index is 0.0219. The van der Waals surface area contributed by atoms with Gasteiger partial charge in [0.25, 0.3) is 0 Å². The molecule has 7 heteroatoms. The molecule has 2 aromatic rings. The van der Waals surface area contributed by atoms with Crippen LogP contribution in [0.25, 0.3) is 11.1 Å². The summed E-state index contributed by atoms with van der Waals surface area (Å²) in [6.07, 6.45) is 4.59. The number of hydrogen-bond acceptors (Lipinski definition) is 4. The van der Waals surface area contributed by atoms with E-state index in [-0.39, 0.29) is 36.7 Å². The number of aliphatic carboxylic acids is 1. The van der Waals surface area contributed by atoms with Crippen LogP contribution in [0.15, 0.2) is 48.5 Å². The molecule has 0 spiro atoms. The maximum atomic E-state index is 12.6. The lowest BCUT2D eigenvalue weighted by Gasteiger charge is -2.20. The number of benzene rings is 2. The van der Waals surface area contributed by atoms with Crippen LogP contribution in [0.4, 0.5) is 4.79 Å². The van der Waals surface area contributed by atoms with Crippen LogP contribution in [-0.4, -0.2) is 42.8 Å². The Labute approximate surface area is 206 Å². The SMILES string of the molecule is O=C(O)CCCCCNC(=O)C1CCCC1CNC(=O)OCC1c2ccccc2-c2ccccc21. The van der Waals surface area contributed by atoms with Crippen molar-refractivity contribution in [2.75, 3.05) is 19.7 Å². The average molecular weight is 479 g/mol. The maximum absolute atomic E-state index is 12.6. The fourth-order valence-corrected chi connectivity index (χ4v) is 5.41. The molecule has 2 aliphatic rings. The van der Waals surface area contributed by atoms with Crippen molar-refractivity contribution in [1.29, 1.82) is 0 Å². The van der Waals surface area contributed by atoms with E-state index >= 15 is 0 Å². The number of nitrogens with one attached hydrogen (secondary N) is 2. The second-order valence-electron chi connectivity index (χ2n) is 9.50. The fourth-order valence-electron chi connectivity index (χ4n) is 5.41. The first-order chi connectivity index (χ1) is 17.0. The first-order valence-electron chi connectivity index (χ1n) is 12.6. The molecule has 0 aromatic heterocycles. The highest BCUT2D eigenvalue weighted by Crippen LogP contribution is 2.44. The van der Waals surface area contributed by atoms with Crippen LogP contribution in [0, 0.1) is 11.8 Å². The zero-order valence-corrected chi connectivity index (χ0v) is 20.0. The second-order valence-corrected chi connectivity index (χ2v) is 9.50. The lowest BCUT2D eigenvalue weighted by Crippen LogP contribution is -2.38. The molecule has 7 nitrogen and oxygen atoms in total. The van der Waals surface area contributed by atoms with E-state index in [1.165, 1.54) is 22.3 Å². The average Bonchev–Trinajstić information content (AvgIpc) is 3.46. The molecule has 0 heterocycles. The quantitative estimate of drug-likeness (QED) is 0.406. The van der Waals surface area contributed by atoms with Gasteiger partial charge in [0.1, 0.15) is 6.61 Å². The van der Waals surface area contributed by atoms with Crippen molar-refractivity contribution < 1.29 is 24.2 Å². The predicted octanol–water partition coefficient (Wildman–Crippen LogP) is 4.70. The van der Waals surface area contributed by atoms with Gasteiger partial charge in [-0.05, 0) is 53.9 Å². The van der Waals surface area contributed by atoms with Crippen LogP contribution >= 0.6 is 0 Å². The molecule has 0 radical (unpaired) electrons. The summed E-state index contributed by atoms with van der Waals surface area (Å²) >= 11 is 0. The summed E-state index contributed by atoms with van der Waals surface area (Å²) in [5.41, 5.74) is 4.74. The van der Waals surface area contributed by atoms with Gasteiger partial charge in [-0.25, -0.2) is 4.79 Å². The van der Waals surface area contributed by atoms with Gasteiger partial charge in [0.2, 0.25) is 5.91 Å². The molecule has 2 aliphatic carbocycles. The molecule has 1 fully saturated rings. The molecule has 2 amide bonds. The van der Waals surface area contributed by atoms with Gasteiger partial charge >= 0.3 is 12.1 Å². The van der Waals surface area contributed by atoms with Crippen LogP contribution in [0.5, 0.6) is 0 Å². The van der Waals surface area contributed by atoms with E-state index in [1.54, 1.807) is 0 Å². The van der Waals surface area contributed by atoms with Gasteiger partial charge in [-0.15, -0.1) is 0 Å². The number of carbonyl (C=O) groups excluding carboxylic acids is 2. The summed E-state index contributed by atoms with van der Waals surface area (Å²) in [6.45, 7) is 1.26. The summed E-state index contributed by atoms with van der Waals surface area (Å²) in [5, 5.41) is 14.5. The Morgan fingerprint density at radius 2 is 1.57 bits per heavy atom. The Morgan fingerprint density at radius 3 is 2.26 bits per heavy atom. The van der Waals surface area contributed by atoms with Gasteiger partial charge < -0.3 is 20.5 Å². The largest absolute Gasteiger partial charge is 0.481 e. The van der Waals surface area contributed by atoms with Gasteiger partial charge in [0.15, 0.2) is 0 Å². The Hall–Kier alpha value is -3.35. The van der Waals surface area contributed by atoms with Gasteiger partial charge in [-0.2, -0.15) is 0 Å². The third-order valence-electron chi connectivity index (χ3n) is 7.21. The number of amides is 2. The number of carbonyl (C=O) groups is 3. The number of fused-ring (bicyclic) bond motifs is 3. The van der Waals surface area contributed by atoms with E-state index in [1.807, 2.05) is 24.3 Å². The summed E-state index contributed by atoms with van der Waals surface area (Å²) in [6, 6.07) is 16.5. The molecule has 2 atom stereocenters. The van der Waals surface area contributed by atoms with Crippen LogP contribution in [-0.2, 0) is 14.3 Å². The molecular weight excluding hydrogens is 444 g/mol. The zero-order valence-electron chi connectivity index (χ0n) is 20.0. The molecule has 186 valence electrons. The van der Waals surface area contributed by atoms with Gasteiger partial charge in [0, 0.05) is 31.3 Å². The molecule has 3 N–H and O–H groups in total. The Kier molecular flexibility index (Phi) is 8.40. The monoisotopic (exact) mass is 478 g/mol. The molecule has 2 aromatic carbocycles. The number of carboxylic acids is 1. The van der Waals surface area contributed by atoms with Crippen molar-refractivity contribution in [2.24, 2.45) is 11.8 Å². The van der Waals surface area contributed by atoms with E-state index in [2.05, 4.69) is 34.9 Å². The fraction of sp³-hybridized carbons (Fsp3) is 0.464. The van der Waals surface area contributed by atoms with E-state index in [9.17, 15) is 14.4 Å². The van der Waals surface area contributed by atoms with Crippen molar-refractivity contribution in [3.8, 4) is 11.1 Å². The molecule has 35 heavy (non-hydrogen) atoms. The lowest BCUT2D eigenvalue weighted by atomic mass is 9.95. The smallest absolute Gasteiger partial charge is 0.407 e. The highest BCUT2D eigenvalue weighted by molar-refractivity contribution is 5.80. The second kappa shape index (κ2) is 11.9. The van der Waals surface area contributed by atoms with Gasteiger partial charge in [0.05, 0.1) is 0 Å². The number of unbranched alkanes of at least 4 members (excludes halogenated alkanes) is 2. The standard InChI is InChI=1S/C28H34N2O5/c31-26(32)15-2-1-7-16-29-27(33)20-14-8-9-19(20)17-30-28(34)35-18-25-23-12-5-3-10-21(23)22-11-4-6-13-24(22)25/h3-6,10-13,19-20,25H,1-2,7-9,14-18H2,(H,29,33)(H,30,34)(H,31,32). The summed E-state index contributed by atoms with van der Waals surface area (Å²) in [5.74, 6) is -0.745.